The lowest BCUT2D eigenvalue weighted by Crippen LogP contribution is -2.27. The van der Waals surface area contributed by atoms with Crippen LogP contribution < -0.4 is 9.64 Å². The second-order valence-corrected chi connectivity index (χ2v) is 8.86. The Morgan fingerprint density at radius 3 is 2.53 bits per heavy atom. The van der Waals surface area contributed by atoms with Crippen LogP contribution in [0.25, 0.3) is 6.08 Å². The number of anilines is 1. The Bertz CT molecular complexity index is 912. The molecule has 1 fully saturated rings. The van der Waals surface area contributed by atoms with E-state index in [4.69, 9.17) is 17.0 Å². The predicted molar refractivity (Wildman–Crippen MR) is 127 cm³/mol. The quantitative estimate of drug-likeness (QED) is 0.225. The number of thioether (sulfide) groups is 1. The van der Waals surface area contributed by atoms with E-state index < -0.39 is 5.82 Å². The molecule has 0 atom stereocenters. The van der Waals surface area contributed by atoms with Crippen molar-refractivity contribution in [3.63, 3.8) is 0 Å². The van der Waals surface area contributed by atoms with Crippen molar-refractivity contribution in [1.82, 2.24) is 0 Å². The number of rotatable bonds is 10. The summed E-state index contributed by atoms with van der Waals surface area (Å²) in [6.45, 7) is 2.94. The van der Waals surface area contributed by atoms with Crippen molar-refractivity contribution in [1.29, 1.82) is 0 Å². The fraction of sp³-hybridized carbons (Fsp3) is 0.333. The first-order valence-electron chi connectivity index (χ1n) is 10.3. The molecule has 158 valence electrons. The first-order valence-corrected chi connectivity index (χ1v) is 11.6. The average molecular weight is 444 g/mol. The van der Waals surface area contributed by atoms with E-state index in [-0.39, 0.29) is 5.91 Å². The van der Waals surface area contributed by atoms with Gasteiger partial charge in [-0.05, 0) is 48.4 Å². The molecule has 0 aromatic heterocycles. The van der Waals surface area contributed by atoms with Gasteiger partial charge in [-0.15, -0.1) is 0 Å². The Kier molecular flexibility index (Phi) is 8.46. The number of hydrogen-bond acceptors (Lipinski definition) is 4. The minimum Gasteiger partial charge on any atom is -0.494 e. The SMILES string of the molecule is CCCCCCCCOc1ccc(C=C2SC(=S)N(c3cccc(F)c3)C2=O)cc1. The lowest BCUT2D eigenvalue weighted by molar-refractivity contribution is -0.113. The molecule has 0 radical (unpaired) electrons. The number of ether oxygens (including phenoxy) is 1. The highest BCUT2D eigenvalue weighted by Gasteiger charge is 2.33. The fourth-order valence-electron chi connectivity index (χ4n) is 3.19. The summed E-state index contributed by atoms with van der Waals surface area (Å²) in [4.78, 5) is 14.7. The number of thiocarbonyl (C=S) groups is 1. The third-order valence-electron chi connectivity index (χ3n) is 4.80. The molecule has 1 saturated heterocycles. The monoisotopic (exact) mass is 443 g/mol. The summed E-state index contributed by atoms with van der Waals surface area (Å²) < 4.78 is 19.7. The zero-order chi connectivity index (χ0) is 21.3. The molecule has 3 rings (SSSR count). The molecule has 0 bridgehead atoms. The topological polar surface area (TPSA) is 29.5 Å². The first kappa shape index (κ1) is 22.5. The maximum absolute atomic E-state index is 13.5. The second kappa shape index (κ2) is 11.3. The van der Waals surface area contributed by atoms with E-state index in [1.165, 1.54) is 60.9 Å². The Hall–Kier alpha value is -2.18. The largest absolute Gasteiger partial charge is 0.494 e. The zero-order valence-corrected chi connectivity index (χ0v) is 18.7. The minimum absolute atomic E-state index is 0.237. The number of benzene rings is 2. The molecule has 1 aliphatic rings. The molecular formula is C24H26FNO2S2. The molecule has 0 N–H and O–H groups in total. The summed E-state index contributed by atoms with van der Waals surface area (Å²) in [5, 5.41) is 0. The van der Waals surface area contributed by atoms with Crippen molar-refractivity contribution in [2.75, 3.05) is 11.5 Å². The predicted octanol–water partition coefficient (Wildman–Crippen LogP) is 6.97. The highest BCUT2D eigenvalue weighted by molar-refractivity contribution is 8.27. The molecular weight excluding hydrogens is 417 g/mol. The number of halogens is 1. The van der Waals surface area contributed by atoms with Crippen LogP contribution >= 0.6 is 24.0 Å². The van der Waals surface area contributed by atoms with E-state index >= 15 is 0 Å². The molecule has 0 saturated carbocycles. The second-order valence-electron chi connectivity index (χ2n) is 7.18. The van der Waals surface area contributed by atoms with Gasteiger partial charge in [0.1, 0.15) is 11.6 Å². The molecule has 0 spiro atoms. The van der Waals surface area contributed by atoms with Crippen molar-refractivity contribution in [3.8, 4) is 5.75 Å². The third kappa shape index (κ3) is 6.16. The van der Waals surface area contributed by atoms with E-state index in [1.807, 2.05) is 24.3 Å². The van der Waals surface area contributed by atoms with E-state index in [1.54, 1.807) is 18.2 Å². The van der Waals surface area contributed by atoms with Gasteiger partial charge in [0.05, 0.1) is 17.2 Å². The van der Waals surface area contributed by atoms with E-state index in [2.05, 4.69) is 6.92 Å². The van der Waals surface area contributed by atoms with Crippen molar-refractivity contribution in [2.24, 2.45) is 0 Å². The molecule has 30 heavy (non-hydrogen) atoms. The number of carbonyl (C=O) groups is 1. The number of nitrogens with zero attached hydrogens (tertiary/aromatic N) is 1. The van der Waals surface area contributed by atoms with Gasteiger partial charge < -0.3 is 4.74 Å². The molecule has 1 heterocycles. The van der Waals surface area contributed by atoms with Gasteiger partial charge in [0.25, 0.3) is 5.91 Å². The summed E-state index contributed by atoms with van der Waals surface area (Å²) in [6, 6.07) is 13.6. The Labute approximate surface area is 187 Å². The molecule has 2 aromatic carbocycles. The van der Waals surface area contributed by atoms with Gasteiger partial charge in [-0.3, -0.25) is 9.69 Å². The van der Waals surface area contributed by atoms with Gasteiger partial charge in [-0.25, -0.2) is 4.39 Å². The van der Waals surface area contributed by atoms with Gasteiger partial charge in [-0.2, -0.15) is 0 Å². The van der Waals surface area contributed by atoms with Crippen molar-refractivity contribution in [3.05, 3.63) is 64.8 Å². The van der Waals surface area contributed by atoms with Crippen LogP contribution in [0.5, 0.6) is 5.75 Å². The first-order chi connectivity index (χ1) is 14.6. The van der Waals surface area contributed by atoms with Crippen LogP contribution in [0.1, 0.15) is 51.0 Å². The lowest BCUT2D eigenvalue weighted by Gasteiger charge is -2.14. The summed E-state index contributed by atoms with van der Waals surface area (Å²) in [5.74, 6) is 0.189. The van der Waals surface area contributed by atoms with Crippen LogP contribution in [0.4, 0.5) is 10.1 Å². The summed E-state index contributed by atoms with van der Waals surface area (Å²) in [6.07, 6.45) is 9.21. The normalized spacial score (nSPS) is 15.3. The standard InChI is InChI=1S/C24H26FNO2S2/c1-2-3-4-5-6-7-15-28-21-13-11-18(12-14-21)16-22-23(27)26(24(29)30-22)20-10-8-9-19(25)17-20/h8-14,16-17H,2-7,15H2,1H3. The van der Waals surface area contributed by atoms with Crippen molar-refractivity contribution in [2.45, 2.75) is 45.4 Å². The lowest BCUT2D eigenvalue weighted by atomic mass is 10.1. The number of hydrogen-bond donors (Lipinski definition) is 0. The molecule has 1 aliphatic heterocycles. The van der Waals surface area contributed by atoms with E-state index in [0.717, 1.165) is 24.3 Å². The Morgan fingerprint density at radius 2 is 1.80 bits per heavy atom. The molecule has 0 unspecified atom stereocenters. The summed E-state index contributed by atoms with van der Waals surface area (Å²) in [7, 11) is 0. The molecule has 0 aliphatic carbocycles. The zero-order valence-electron chi connectivity index (χ0n) is 17.1. The summed E-state index contributed by atoms with van der Waals surface area (Å²) >= 11 is 6.56. The number of carbonyl (C=O) groups excluding carboxylic acids is 1. The van der Waals surface area contributed by atoms with Crippen LogP contribution in [-0.4, -0.2) is 16.8 Å². The highest BCUT2D eigenvalue weighted by atomic mass is 32.2. The number of unbranched alkanes of at least 4 members (excludes halogenated alkanes) is 5. The van der Waals surface area contributed by atoms with Crippen LogP contribution in [0.15, 0.2) is 53.4 Å². The van der Waals surface area contributed by atoms with Gasteiger partial charge in [0, 0.05) is 0 Å². The van der Waals surface area contributed by atoms with Crippen LogP contribution in [-0.2, 0) is 4.79 Å². The molecule has 1 amide bonds. The fourth-order valence-corrected chi connectivity index (χ4v) is 4.49. The van der Waals surface area contributed by atoms with Gasteiger partial charge >= 0.3 is 0 Å². The Balaban J connectivity index is 1.55. The number of amides is 1. The average Bonchev–Trinajstić information content (AvgIpc) is 3.01. The Morgan fingerprint density at radius 1 is 1.07 bits per heavy atom. The maximum Gasteiger partial charge on any atom is 0.270 e. The van der Waals surface area contributed by atoms with Crippen LogP contribution in [0, 0.1) is 5.82 Å². The molecule has 6 heteroatoms. The molecule has 3 nitrogen and oxygen atoms in total. The maximum atomic E-state index is 13.5. The summed E-state index contributed by atoms with van der Waals surface area (Å²) in [5.41, 5.74) is 1.33. The van der Waals surface area contributed by atoms with Crippen molar-refractivity contribution < 1.29 is 13.9 Å². The van der Waals surface area contributed by atoms with Crippen LogP contribution in [0.2, 0.25) is 0 Å². The van der Waals surface area contributed by atoms with Gasteiger partial charge in [-0.1, -0.05) is 81.2 Å². The third-order valence-corrected chi connectivity index (χ3v) is 6.11. The molecule has 2 aromatic rings. The highest BCUT2D eigenvalue weighted by Crippen LogP contribution is 2.36. The van der Waals surface area contributed by atoms with E-state index in [0.29, 0.717) is 14.9 Å². The van der Waals surface area contributed by atoms with Gasteiger partial charge in [0.15, 0.2) is 4.32 Å². The van der Waals surface area contributed by atoms with E-state index in [9.17, 15) is 9.18 Å². The smallest absolute Gasteiger partial charge is 0.270 e. The van der Waals surface area contributed by atoms with Gasteiger partial charge in [0.2, 0.25) is 0 Å². The van der Waals surface area contributed by atoms with Crippen LogP contribution in [0.3, 0.4) is 0 Å². The minimum atomic E-state index is -0.401. The van der Waals surface area contributed by atoms with Crippen molar-refractivity contribution >= 4 is 46.0 Å².